The lowest BCUT2D eigenvalue weighted by Crippen LogP contribution is -2.41. The topological polar surface area (TPSA) is 68.3 Å². The Balaban J connectivity index is 1.55. The van der Waals surface area contributed by atoms with E-state index in [0.717, 1.165) is 24.3 Å². The van der Waals surface area contributed by atoms with Gasteiger partial charge in [0.2, 0.25) is 6.54 Å². The van der Waals surface area contributed by atoms with Crippen molar-refractivity contribution >= 4 is 5.69 Å². The second-order valence-electron chi connectivity index (χ2n) is 8.19. The van der Waals surface area contributed by atoms with Gasteiger partial charge in [-0.3, -0.25) is 10.1 Å². The molecule has 0 bridgehead atoms. The minimum Gasteiger partial charge on any atom is -0.469 e. The molecule has 0 saturated heterocycles. The third-order valence-corrected chi connectivity index (χ3v) is 6.73. The number of para-hydroxylation sites is 1. The first-order valence-electron chi connectivity index (χ1n) is 10.3. The Labute approximate surface area is 169 Å². The Kier molecular flexibility index (Phi) is 4.58. The van der Waals surface area contributed by atoms with Gasteiger partial charge in [0, 0.05) is 22.6 Å². The van der Waals surface area contributed by atoms with Crippen LogP contribution >= 0.6 is 0 Å². The monoisotopic (exact) mass is 388 g/mol. The largest absolute Gasteiger partial charge is 0.469 e. The van der Waals surface area contributed by atoms with Crippen molar-refractivity contribution in [3.63, 3.8) is 0 Å². The Morgan fingerprint density at radius 3 is 2.59 bits per heavy atom. The van der Waals surface area contributed by atoms with Crippen molar-refractivity contribution < 1.29 is 9.34 Å². The smallest absolute Gasteiger partial charge is 0.214 e. The number of anilines is 1. The highest BCUT2D eigenvalue weighted by Crippen LogP contribution is 2.53. The highest BCUT2D eigenvalue weighted by molar-refractivity contribution is 5.59. The van der Waals surface area contributed by atoms with Crippen LogP contribution in [0.1, 0.15) is 41.6 Å². The molecule has 2 aromatic carbocycles. The fourth-order valence-corrected chi connectivity index (χ4v) is 5.60. The standard InChI is InChI=1S/C24H24N2O3/c27-26(28)15-20(22-11-6-14-29-22)17-12-13-19-23(16-7-2-1-3-8-16)18-9-4-5-10-21(18)25-24(17)19/h1-11,14,17,19-20,23-25H,12-13,15H2/t17-,19+,20+,23-,24-/m1/s1. The Hall–Kier alpha value is -3.08. The van der Waals surface area contributed by atoms with Crippen molar-refractivity contribution in [3.05, 3.63) is 100.0 Å². The molecule has 5 heteroatoms. The van der Waals surface area contributed by atoms with Gasteiger partial charge in [-0.1, -0.05) is 48.5 Å². The van der Waals surface area contributed by atoms with Gasteiger partial charge in [-0.05, 0) is 54.0 Å². The molecule has 29 heavy (non-hydrogen) atoms. The quantitative estimate of drug-likeness (QED) is 0.476. The molecule has 1 aliphatic heterocycles. The maximum absolute atomic E-state index is 11.4. The Morgan fingerprint density at radius 1 is 1.03 bits per heavy atom. The summed E-state index contributed by atoms with van der Waals surface area (Å²) < 4.78 is 5.64. The lowest BCUT2D eigenvalue weighted by Gasteiger charge is -2.40. The maximum Gasteiger partial charge on any atom is 0.214 e. The SMILES string of the molecule is O=[N+]([O-])C[C@H](c1ccco1)[C@H]1CC[C@H]2[C@H](c3ccccc3)c3ccccc3N[C@@H]21. The number of hydrogen-bond donors (Lipinski definition) is 1. The van der Waals surface area contributed by atoms with E-state index in [1.54, 1.807) is 6.26 Å². The number of benzene rings is 2. The van der Waals surface area contributed by atoms with E-state index in [-0.39, 0.29) is 29.3 Å². The number of furan rings is 1. The molecule has 0 spiro atoms. The molecule has 2 aliphatic rings. The van der Waals surface area contributed by atoms with Crippen LogP contribution in [0.4, 0.5) is 5.69 Å². The minimum atomic E-state index is -0.218. The van der Waals surface area contributed by atoms with Crippen LogP contribution in [-0.4, -0.2) is 17.5 Å². The van der Waals surface area contributed by atoms with Gasteiger partial charge in [-0.2, -0.15) is 0 Å². The molecular weight excluding hydrogens is 364 g/mol. The van der Waals surface area contributed by atoms with Crippen LogP contribution in [0, 0.1) is 22.0 Å². The van der Waals surface area contributed by atoms with Crippen LogP contribution in [0.5, 0.6) is 0 Å². The van der Waals surface area contributed by atoms with Crippen molar-refractivity contribution in [2.75, 3.05) is 11.9 Å². The third kappa shape index (κ3) is 3.20. The van der Waals surface area contributed by atoms with Gasteiger partial charge in [-0.15, -0.1) is 0 Å². The van der Waals surface area contributed by atoms with Crippen LogP contribution < -0.4 is 5.32 Å². The first kappa shape index (κ1) is 18.0. The number of fused-ring (bicyclic) bond motifs is 2. The molecule has 1 N–H and O–H groups in total. The Bertz CT molecular complexity index is 986. The lowest BCUT2D eigenvalue weighted by molar-refractivity contribution is -0.485. The number of rotatable bonds is 5. The van der Waals surface area contributed by atoms with Gasteiger partial charge in [0.05, 0.1) is 12.2 Å². The molecule has 3 aromatic rings. The van der Waals surface area contributed by atoms with Crippen LogP contribution in [0.2, 0.25) is 0 Å². The van der Waals surface area contributed by atoms with Crippen LogP contribution in [-0.2, 0) is 0 Å². The highest BCUT2D eigenvalue weighted by atomic mass is 16.6. The number of nitrogens with one attached hydrogen (secondary N) is 1. The molecule has 1 aliphatic carbocycles. The van der Waals surface area contributed by atoms with Gasteiger partial charge in [0.15, 0.2) is 0 Å². The van der Waals surface area contributed by atoms with Crippen molar-refractivity contribution in [1.29, 1.82) is 0 Å². The zero-order valence-corrected chi connectivity index (χ0v) is 16.1. The molecule has 0 unspecified atom stereocenters. The number of nitro groups is 1. The van der Waals surface area contributed by atoms with E-state index in [1.165, 1.54) is 11.1 Å². The molecule has 1 fully saturated rings. The van der Waals surface area contributed by atoms with Crippen LogP contribution in [0.3, 0.4) is 0 Å². The molecule has 1 saturated carbocycles. The van der Waals surface area contributed by atoms with Gasteiger partial charge in [-0.25, -0.2) is 0 Å². The molecule has 5 nitrogen and oxygen atoms in total. The zero-order chi connectivity index (χ0) is 19.8. The predicted octanol–water partition coefficient (Wildman–Crippen LogP) is 5.29. The number of nitrogens with zero attached hydrogens (tertiary/aromatic N) is 1. The molecule has 5 atom stereocenters. The van der Waals surface area contributed by atoms with E-state index in [0.29, 0.717) is 11.8 Å². The highest BCUT2D eigenvalue weighted by Gasteiger charge is 2.49. The fourth-order valence-electron chi connectivity index (χ4n) is 5.60. The van der Waals surface area contributed by atoms with E-state index < -0.39 is 0 Å². The molecule has 5 rings (SSSR count). The van der Waals surface area contributed by atoms with Gasteiger partial charge >= 0.3 is 0 Å². The van der Waals surface area contributed by atoms with Crippen LogP contribution in [0.15, 0.2) is 77.4 Å². The van der Waals surface area contributed by atoms with Crippen molar-refractivity contribution in [3.8, 4) is 0 Å². The lowest BCUT2D eigenvalue weighted by atomic mass is 9.72. The van der Waals surface area contributed by atoms with E-state index in [4.69, 9.17) is 4.42 Å². The summed E-state index contributed by atoms with van der Waals surface area (Å²) in [5.74, 6) is 1.38. The molecule has 2 heterocycles. The normalized spacial score (nSPS) is 26.2. The van der Waals surface area contributed by atoms with Gasteiger partial charge < -0.3 is 9.73 Å². The molecule has 0 amide bonds. The van der Waals surface area contributed by atoms with E-state index in [9.17, 15) is 10.1 Å². The first-order valence-corrected chi connectivity index (χ1v) is 10.3. The summed E-state index contributed by atoms with van der Waals surface area (Å²) in [5, 5.41) is 15.2. The zero-order valence-electron chi connectivity index (χ0n) is 16.1. The summed E-state index contributed by atoms with van der Waals surface area (Å²) in [6.45, 7) is -0.0965. The number of hydrogen-bond acceptors (Lipinski definition) is 4. The summed E-state index contributed by atoms with van der Waals surface area (Å²) >= 11 is 0. The van der Waals surface area contributed by atoms with E-state index in [2.05, 4.69) is 59.9 Å². The summed E-state index contributed by atoms with van der Waals surface area (Å²) in [5.41, 5.74) is 3.79. The molecular formula is C24H24N2O3. The van der Waals surface area contributed by atoms with Crippen molar-refractivity contribution in [2.24, 2.45) is 11.8 Å². The maximum atomic E-state index is 11.4. The second kappa shape index (κ2) is 7.39. The molecule has 1 aromatic heterocycles. The Morgan fingerprint density at radius 2 is 1.83 bits per heavy atom. The van der Waals surface area contributed by atoms with Gasteiger partial charge in [0.25, 0.3) is 0 Å². The van der Waals surface area contributed by atoms with Crippen LogP contribution in [0.25, 0.3) is 0 Å². The van der Waals surface area contributed by atoms with Gasteiger partial charge in [0.1, 0.15) is 5.76 Å². The molecule has 148 valence electrons. The average molecular weight is 388 g/mol. The van der Waals surface area contributed by atoms with E-state index >= 15 is 0 Å². The summed E-state index contributed by atoms with van der Waals surface area (Å²) in [6.07, 6.45) is 3.62. The first-order chi connectivity index (χ1) is 14.2. The average Bonchev–Trinajstić information content (AvgIpc) is 3.41. The fraction of sp³-hybridized carbons (Fsp3) is 0.333. The summed E-state index contributed by atoms with van der Waals surface area (Å²) in [4.78, 5) is 11.2. The minimum absolute atomic E-state index is 0.0965. The third-order valence-electron chi connectivity index (χ3n) is 6.73. The second-order valence-corrected chi connectivity index (χ2v) is 8.19. The van der Waals surface area contributed by atoms with Crippen molar-refractivity contribution in [2.45, 2.75) is 30.7 Å². The van der Waals surface area contributed by atoms with Crippen molar-refractivity contribution in [1.82, 2.24) is 0 Å². The summed E-state index contributed by atoms with van der Waals surface area (Å²) in [7, 11) is 0. The predicted molar refractivity (Wildman–Crippen MR) is 112 cm³/mol. The summed E-state index contributed by atoms with van der Waals surface area (Å²) in [6, 6.07) is 23.0. The molecule has 0 radical (unpaired) electrons. The van der Waals surface area contributed by atoms with E-state index in [1.807, 2.05) is 12.1 Å².